The summed E-state index contributed by atoms with van der Waals surface area (Å²) < 4.78 is 33.7. The van der Waals surface area contributed by atoms with Gasteiger partial charge in [0.1, 0.15) is 5.75 Å². The average Bonchev–Trinajstić information content (AvgIpc) is 3.01. The predicted molar refractivity (Wildman–Crippen MR) is 121 cm³/mol. The number of methoxy groups -OCH3 is 1. The Hall–Kier alpha value is -3.32. The number of para-hydroxylation sites is 3. The molecule has 1 N–H and O–H groups in total. The molecule has 0 atom stereocenters. The van der Waals surface area contributed by atoms with E-state index in [1.165, 1.54) is 19.2 Å². The van der Waals surface area contributed by atoms with Gasteiger partial charge in [-0.05, 0) is 61.2 Å². The zero-order chi connectivity index (χ0) is 21.8. The third-order valence-electron chi connectivity index (χ3n) is 5.35. The van der Waals surface area contributed by atoms with E-state index < -0.39 is 10.0 Å². The van der Waals surface area contributed by atoms with Gasteiger partial charge in [-0.25, -0.2) is 8.42 Å². The summed E-state index contributed by atoms with van der Waals surface area (Å²) in [5.74, 6) is 0.211. The van der Waals surface area contributed by atoms with Gasteiger partial charge in [0.25, 0.3) is 15.9 Å². The second-order valence-corrected chi connectivity index (χ2v) is 9.06. The fourth-order valence-corrected chi connectivity index (χ4v) is 4.90. The molecule has 160 valence electrons. The molecule has 4 rings (SSSR count). The molecule has 0 radical (unpaired) electrons. The summed E-state index contributed by atoms with van der Waals surface area (Å²) in [4.78, 5) is 15.1. The van der Waals surface area contributed by atoms with Gasteiger partial charge in [-0.1, -0.05) is 36.4 Å². The molecule has 31 heavy (non-hydrogen) atoms. The van der Waals surface area contributed by atoms with Gasteiger partial charge in [0.2, 0.25) is 0 Å². The van der Waals surface area contributed by atoms with E-state index >= 15 is 0 Å². The maximum Gasteiger partial charge on any atom is 0.262 e. The van der Waals surface area contributed by atoms with Crippen LogP contribution in [-0.4, -0.2) is 28.0 Å². The van der Waals surface area contributed by atoms with Gasteiger partial charge in [-0.15, -0.1) is 0 Å². The average molecular weight is 437 g/mol. The highest BCUT2D eigenvalue weighted by atomic mass is 32.2. The second-order valence-electron chi connectivity index (χ2n) is 7.38. The summed E-state index contributed by atoms with van der Waals surface area (Å²) in [6.07, 6.45) is 2.84. The number of hydrogen-bond donors (Lipinski definition) is 1. The molecule has 7 heteroatoms. The van der Waals surface area contributed by atoms with Crippen LogP contribution in [-0.2, 0) is 16.4 Å². The topological polar surface area (TPSA) is 75.7 Å². The molecule has 0 aliphatic carbocycles. The van der Waals surface area contributed by atoms with Crippen LogP contribution >= 0.6 is 0 Å². The monoisotopic (exact) mass is 436 g/mol. The number of nitrogens with one attached hydrogen (secondary N) is 1. The molecule has 0 saturated heterocycles. The van der Waals surface area contributed by atoms with Crippen molar-refractivity contribution in [3.63, 3.8) is 0 Å². The van der Waals surface area contributed by atoms with Gasteiger partial charge in [0, 0.05) is 17.8 Å². The normalized spacial score (nSPS) is 13.8. The first-order valence-electron chi connectivity index (χ1n) is 10.2. The number of sulfonamides is 1. The number of hydrogen-bond acceptors (Lipinski definition) is 4. The van der Waals surface area contributed by atoms with Crippen molar-refractivity contribution in [2.75, 3.05) is 23.3 Å². The van der Waals surface area contributed by atoms with Crippen molar-refractivity contribution < 1.29 is 17.9 Å². The zero-order valence-electron chi connectivity index (χ0n) is 17.2. The Bertz CT molecular complexity index is 1210. The molecule has 1 heterocycles. The van der Waals surface area contributed by atoms with Gasteiger partial charge in [-0.3, -0.25) is 9.52 Å². The Morgan fingerprint density at radius 2 is 1.74 bits per heavy atom. The summed E-state index contributed by atoms with van der Waals surface area (Å²) in [5.41, 5.74) is 2.70. The van der Waals surface area contributed by atoms with Gasteiger partial charge >= 0.3 is 0 Å². The van der Waals surface area contributed by atoms with Gasteiger partial charge in [0.05, 0.1) is 17.7 Å². The highest BCUT2D eigenvalue weighted by Crippen LogP contribution is 2.29. The Kier molecular flexibility index (Phi) is 5.95. The van der Waals surface area contributed by atoms with Crippen molar-refractivity contribution in [2.45, 2.75) is 24.2 Å². The largest absolute Gasteiger partial charge is 0.495 e. The van der Waals surface area contributed by atoms with Crippen LogP contribution in [0.25, 0.3) is 0 Å². The zero-order valence-corrected chi connectivity index (χ0v) is 18.1. The molecular weight excluding hydrogens is 412 g/mol. The lowest BCUT2D eigenvalue weighted by atomic mass is 10.1. The first-order chi connectivity index (χ1) is 15.0. The number of carbonyl (C=O) groups is 1. The molecule has 1 aliphatic rings. The van der Waals surface area contributed by atoms with Crippen LogP contribution in [0.3, 0.4) is 0 Å². The molecule has 0 fully saturated rings. The summed E-state index contributed by atoms with van der Waals surface area (Å²) in [6.45, 7) is 0.603. The molecule has 0 saturated carbocycles. The van der Waals surface area contributed by atoms with Crippen LogP contribution < -0.4 is 14.4 Å². The van der Waals surface area contributed by atoms with Crippen LogP contribution in [0.5, 0.6) is 5.75 Å². The number of nitrogens with zero attached hydrogens (tertiary/aromatic N) is 1. The lowest BCUT2D eigenvalue weighted by Crippen LogP contribution is -2.32. The van der Waals surface area contributed by atoms with E-state index in [1.54, 1.807) is 41.3 Å². The van der Waals surface area contributed by atoms with Crippen molar-refractivity contribution in [1.29, 1.82) is 0 Å². The van der Waals surface area contributed by atoms with E-state index in [0.29, 0.717) is 23.5 Å². The Morgan fingerprint density at radius 1 is 0.968 bits per heavy atom. The number of ether oxygens (including phenoxy) is 1. The Balaban J connectivity index is 1.65. The number of amides is 1. The van der Waals surface area contributed by atoms with Crippen LogP contribution in [0.2, 0.25) is 0 Å². The van der Waals surface area contributed by atoms with E-state index in [4.69, 9.17) is 4.74 Å². The number of carbonyl (C=O) groups excluding carboxylic acids is 1. The standard InChI is InChI=1S/C24H24N2O4S/c1-30-23-15-5-3-13-21(23)25-31(28,29)20-12-8-11-19(17-20)24(27)26-16-7-6-10-18-9-2-4-14-22(18)26/h2-5,8-9,11-15,17,25H,6-7,10,16H2,1H3. The molecule has 6 nitrogen and oxygen atoms in total. The maximum atomic E-state index is 13.3. The fraction of sp³-hybridized carbons (Fsp3) is 0.208. The van der Waals surface area contributed by atoms with Crippen LogP contribution in [0, 0.1) is 0 Å². The summed E-state index contributed by atoms with van der Waals surface area (Å²) in [7, 11) is -2.42. The molecule has 3 aromatic rings. The fourth-order valence-electron chi connectivity index (χ4n) is 3.79. The van der Waals surface area contributed by atoms with Gasteiger partial charge < -0.3 is 9.64 Å². The molecule has 0 bridgehead atoms. The molecule has 1 amide bonds. The predicted octanol–water partition coefficient (Wildman–Crippen LogP) is 4.48. The Labute approximate surface area is 182 Å². The van der Waals surface area contributed by atoms with Crippen molar-refractivity contribution in [1.82, 2.24) is 0 Å². The lowest BCUT2D eigenvalue weighted by Gasteiger charge is -2.23. The number of aryl methyl sites for hydroxylation is 1. The highest BCUT2D eigenvalue weighted by molar-refractivity contribution is 7.92. The van der Waals surface area contributed by atoms with Gasteiger partial charge in [0.15, 0.2) is 0 Å². The summed E-state index contributed by atoms with van der Waals surface area (Å²) >= 11 is 0. The van der Waals surface area contributed by atoms with E-state index in [1.807, 2.05) is 24.3 Å². The van der Waals surface area contributed by atoms with E-state index in [2.05, 4.69) is 4.72 Å². The second kappa shape index (κ2) is 8.81. The maximum absolute atomic E-state index is 13.3. The van der Waals surface area contributed by atoms with Gasteiger partial charge in [-0.2, -0.15) is 0 Å². The van der Waals surface area contributed by atoms with Crippen molar-refractivity contribution >= 4 is 27.3 Å². The molecule has 1 aliphatic heterocycles. The number of rotatable bonds is 5. The highest BCUT2D eigenvalue weighted by Gasteiger charge is 2.24. The molecule has 0 aromatic heterocycles. The number of fused-ring (bicyclic) bond motifs is 1. The lowest BCUT2D eigenvalue weighted by molar-refractivity contribution is 0.0986. The SMILES string of the molecule is COc1ccccc1NS(=O)(=O)c1cccc(C(=O)N2CCCCc3ccccc32)c1. The number of anilines is 2. The minimum absolute atomic E-state index is 0.0207. The first kappa shape index (κ1) is 20.9. The van der Waals surface area contributed by atoms with E-state index in [-0.39, 0.29) is 10.8 Å². The summed E-state index contributed by atoms with van der Waals surface area (Å²) in [6, 6.07) is 20.8. The third-order valence-corrected chi connectivity index (χ3v) is 6.71. The molecular formula is C24H24N2O4S. The van der Waals surface area contributed by atoms with Crippen LogP contribution in [0.1, 0.15) is 28.8 Å². The Morgan fingerprint density at radius 3 is 2.58 bits per heavy atom. The van der Waals surface area contributed by atoms with Crippen LogP contribution in [0.4, 0.5) is 11.4 Å². The van der Waals surface area contributed by atoms with Crippen molar-refractivity contribution in [2.24, 2.45) is 0 Å². The number of benzene rings is 3. The molecule has 3 aromatic carbocycles. The molecule has 0 unspecified atom stereocenters. The minimum atomic E-state index is -3.90. The smallest absolute Gasteiger partial charge is 0.262 e. The van der Waals surface area contributed by atoms with Crippen molar-refractivity contribution in [3.8, 4) is 5.75 Å². The third kappa shape index (κ3) is 4.41. The van der Waals surface area contributed by atoms with E-state index in [9.17, 15) is 13.2 Å². The van der Waals surface area contributed by atoms with Crippen LogP contribution in [0.15, 0.2) is 77.7 Å². The quantitative estimate of drug-likeness (QED) is 0.640. The van der Waals surface area contributed by atoms with E-state index in [0.717, 1.165) is 30.5 Å². The molecule has 0 spiro atoms. The minimum Gasteiger partial charge on any atom is -0.495 e. The van der Waals surface area contributed by atoms with Crippen molar-refractivity contribution in [3.05, 3.63) is 83.9 Å². The first-order valence-corrected chi connectivity index (χ1v) is 11.6. The summed E-state index contributed by atoms with van der Waals surface area (Å²) in [5, 5.41) is 0.